The molecule has 1 N–H and O–H groups in total. The Morgan fingerprint density at radius 3 is 2.71 bits per heavy atom. The first-order valence-corrected chi connectivity index (χ1v) is 7.09. The Kier molecular flexibility index (Phi) is 5.14. The van der Waals surface area contributed by atoms with E-state index >= 15 is 0 Å². The van der Waals surface area contributed by atoms with Gasteiger partial charge in [-0.15, -0.1) is 0 Å². The average Bonchev–Trinajstić information content (AvgIpc) is 2.53. The first kappa shape index (κ1) is 14.2. The van der Waals surface area contributed by atoms with Gasteiger partial charge in [-0.2, -0.15) is 5.10 Å². The standard InChI is InChI=1S/C10H15ClN2O3S/c1-3-7-10(11)8(13(2)12-7)6-17(16)5-4-9(14)15/h3-6H2,1-2H3,(H,14,15). The number of hydrogen-bond donors (Lipinski definition) is 1. The molecule has 0 saturated carbocycles. The molecule has 0 spiro atoms. The van der Waals surface area contributed by atoms with E-state index < -0.39 is 16.8 Å². The molecule has 0 aliphatic heterocycles. The lowest BCUT2D eigenvalue weighted by atomic mass is 10.3. The third-order valence-electron chi connectivity index (χ3n) is 2.34. The van der Waals surface area contributed by atoms with Gasteiger partial charge in [-0.1, -0.05) is 18.5 Å². The Bertz CT molecular complexity index is 445. The van der Waals surface area contributed by atoms with Crippen molar-refractivity contribution >= 4 is 28.4 Å². The van der Waals surface area contributed by atoms with Crippen LogP contribution < -0.4 is 0 Å². The maximum atomic E-state index is 11.7. The lowest BCUT2D eigenvalue weighted by Gasteiger charge is -2.02. The number of aromatic nitrogens is 2. The summed E-state index contributed by atoms with van der Waals surface area (Å²) >= 11 is 6.10. The van der Waals surface area contributed by atoms with E-state index in [9.17, 15) is 9.00 Å². The van der Waals surface area contributed by atoms with Gasteiger partial charge in [0.1, 0.15) is 0 Å². The van der Waals surface area contributed by atoms with Crippen molar-refractivity contribution in [2.45, 2.75) is 25.5 Å². The molecule has 0 aliphatic rings. The molecular weight excluding hydrogens is 264 g/mol. The molecule has 1 atom stereocenters. The number of carboxylic acid groups (broad SMARTS) is 1. The van der Waals surface area contributed by atoms with Gasteiger partial charge in [0, 0.05) is 23.6 Å². The molecule has 1 aromatic rings. The minimum Gasteiger partial charge on any atom is -0.481 e. The van der Waals surface area contributed by atoms with Crippen molar-refractivity contribution in [3.63, 3.8) is 0 Å². The second-order valence-electron chi connectivity index (χ2n) is 3.62. The normalized spacial score (nSPS) is 12.6. The van der Waals surface area contributed by atoms with Gasteiger partial charge >= 0.3 is 5.97 Å². The highest BCUT2D eigenvalue weighted by atomic mass is 35.5. The summed E-state index contributed by atoms with van der Waals surface area (Å²) in [4.78, 5) is 10.4. The Labute approximate surface area is 107 Å². The highest BCUT2D eigenvalue weighted by molar-refractivity contribution is 7.84. The molecule has 96 valence electrons. The molecule has 1 unspecified atom stereocenters. The topological polar surface area (TPSA) is 72.2 Å². The fourth-order valence-electron chi connectivity index (χ4n) is 1.40. The van der Waals surface area contributed by atoms with Crippen molar-refractivity contribution in [1.82, 2.24) is 9.78 Å². The van der Waals surface area contributed by atoms with E-state index in [-0.39, 0.29) is 17.9 Å². The van der Waals surface area contributed by atoms with Crippen LogP contribution in [-0.4, -0.2) is 30.8 Å². The number of aryl methyl sites for hydroxylation is 2. The summed E-state index contributed by atoms with van der Waals surface area (Å²) in [6.45, 7) is 1.94. The Morgan fingerprint density at radius 2 is 2.24 bits per heavy atom. The van der Waals surface area contributed by atoms with Crippen LogP contribution in [0.2, 0.25) is 5.02 Å². The van der Waals surface area contributed by atoms with Crippen LogP contribution in [0, 0.1) is 0 Å². The van der Waals surface area contributed by atoms with E-state index in [1.165, 1.54) is 0 Å². The van der Waals surface area contributed by atoms with Gasteiger partial charge in [-0.25, -0.2) is 0 Å². The quantitative estimate of drug-likeness (QED) is 0.853. The van der Waals surface area contributed by atoms with Crippen LogP contribution in [0.4, 0.5) is 0 Å². The van der Waals surface area contributed by atoms with Crippen molar-refractivity contribution in [2.75, 3.05) is 5.75 Å². The molecule has 17 heavy (non-hydrogen) atoms. The minimum atomic E-state index is -1.23. The second-order valence-corrected chi connectivity index (χ2v) is 5.57. The lowest BCUT2D eigenvalue weighted by molar-refractivity contribution is -0.136. The van der Waals surface area contributed by atoms with Gasteiger partial charge in [0.25, 0.3) is 0 Å². The number of carbonyl (C=O) groups is 1. The van der Waals surface area contributed by atoms with Crippen LogP contribution in [0.3, 0.4) is 0 Å². The average molecular weight is 279 g/mol. The van der Waals surface area contributed by atoms with Gasteiger partial charge in [0.15, 0.2) is 0 Å². The van der Waals surface area contributed by atoms with E-state index in [0.717, 1.165) is 5.69 Å². The van der Waals surface area contributed by atoms with E-state index in [4.69, 9.17) is 16.7 Å². The molecule has 0 amide bonds. The largest absolute Gasteiger partial charge is 0.481 e. The summed E-state index contributed by atoms with van der Waals surface area (Å²) in [5.41, 5.74) is 1.48. The zero-order valence-electron chi connectivity index (χ0n) is 9.77. The second kappa shape index (κ2) is 6.16. The monoisotopic (exact) mass is 278 g/mol. The SMILES string of the molecule is CCc1nn(C)c(CS(=O)CCC(=O)O)c1Cl. The molecule has 1 rings (SSSR count). The number of rotatable bonds is 6. The highest BCUT2D eigenvalue weighted by Gasteiger charge is 2.15. The molecule has 7 heteroatoms. The highest BCUT2D eigenvalue weighted by Crippen LogP contribution is 2.22. The van der Waals surface area contributed by atoms with Crippen LogP contribution in [0.25, 0.3) is 0 Å². The maximum Gasteiger partial charge on any atom is 0.304 e. The fraction of sp³-hybridized carbons (Fsp3) is 0.600. The predicted octanol–water partition coefficient (Wildman–Crippen LogP) is 1.36. The van der Waals surface area contributed by atoms with Gasteiger partial charge in [-0.05, 0) is 6.42 Å². The Hall–Kier alpha value is -0.880. The van der Waals surface area contributed by atoms with Crippen LogP contribution in [0.1, 0.15) is 24.7 Å². The number of carboxylic acids is 1. The summed E-state index contributed by atoms with van der Waals surface area (Å²) in [7, 11) is 0.518. The molecular formula is C10H15ClN2O3S. The minimum absolute atomic E-state index is 0.0945. The molecule has 1 aromatic heterocycles. The fourth-order valence-corrected chi connectivity index (χ4v) is 3.02. The summed E-state index contributed by atoms with van der Waals surface area (Å²) in [6.07, 6.45) is 0.622. The van der Waals surface area contributed by atoms with Gasteiger partial charge < -0.3 is 5.11 Å². The molecule has 0 radical (unpaired) electrons. The van der Waals surface area contributed by atoms with E-state index in [1.54, 1.807) is 11.7 Å². The maximum absolute atomic E-state index is 11.7. The van der Waals surface area contributed by atoms with Crippen LogP contribution in [-0.2, 0) is 34.8 Å². The van der Waals surface area contributed by atoms with Crippen molar-refractivity contribution in [3.05, 3.63) is 16.4 Å². The van der Waals surface area contributed by atoms with Gasteiger partial charge in [0.2, 0.25) is 0 Å². The molecule has 0 fully saturated rings. The van der Waals surface area contributed by atoms with E-state index in [0.29, 0.717) is 17.1 Å². The number of aliphatic carboxylic acids is 1. The molecule has 0 saturated heterocycles. The number of nitrogens with zero attached hydrogens (tertiary/aromatic N) is 2. The molecule has 0 aromatic carbocycles. The molecule has 0 bridgehead atoms. The zero-order chi connectivity index (χ0) is 13.0. The van der Waals surface area contributed by atoms with Gasteiger partial charge in [0.05, 0.1) is 28.6 Å². The first-order valence-electron chi connectivity index (χ1n) is 5.22. The lowest BCUT2D eigenvalue weighted by Crippen LogP contribution is -2.09. The zero-order valence-corrected chi connectivity index (χ0v) is 11.3. The summed E-state index contributed by atoms with van der Waals surface area (Å²) in [6, 6.07) is 0. The van der Waals surface area contributed by atoms with Crippen molar-refractivity contribution in [3.8, 4) is 0 Å². The van der Waals surface area contributed by atoms with Crippen LogP contribution in [0.15, 0.2) is 0 Å². The third kappa shape index (κ3) is 3.81. The third-order valence-corrected chi connectivity index (χ3v) is 4.04. The van der Waals surface area contributed by atoms with Crippen LogP contribution in [0.5, 0.6) is 0 Å². The number of halogens is 1. The first-order chi connectivity index (χ1) is 7.95. The Balaban J connectivity index is 2.71. The van der Waals surface area contributed by atoms with E-state index in [1.807, 2.05) is 6.92 Å². The van der Waals surface area contributed by atoms with E-state index in [2.05, 4.69) is 5.10 Å². The molecule has 0 aliphatic carbocycles. The number of hydrogen-bond acceptors (Lipinski definition) is 3. The Morgan fingerprint density at radius 1 is 1.59 bits per heavy atom. The summed E-state index contributed by atoms with van der Waals surface area (Å²) in [5.74, 6) is -0.558. The van der Waals surface area contributed by atoms with Crippen molar-refractivity contribution < 1.29 is 14.1 Å². The van der Waals surface area contributed by atoms with Crippen LogP contribution >= 0.6 is 11.6 Å². The smallest absolute Gasteiger partial charge is 0.304 e. The van der Waals surface area contributed by atoms with Gasteiger partial charge in [-0.3, -0.25) is 13.7 Å². The van der Waals surface area contributed by atoms with Crippen molar-refractivity contribution in [1.29, 1.82) is 0 Å². The summed E-state index contributed by atoms with van der Waals surface area (Å²) in [5, 5.41) is 13.3. The summed E-state index contributed by atoms with van der Waals surface area (Å²) < 4.78 is 13.3. The predicted molar refractivity (Wildman–Crippen MR) is 66.6 cm³/mol. The molecule has 1 heterocycles. The molecule has 5 nitrogen and oxygen atoms in total. The van der Waals surface area contributed by atoms with Crippen molar-refractivity contribution in [2.24, 2.45) is 7.05 Å².